The summed E-state index contributed by atoms with van der Waals surface area (Å²) in [5.74, 6) is 2.50. The van der Waals surface area contributed by atoms with Gasteiger partial charge in [0, 0.05) is 24.1 Å². The minimum Gasteiger partial charge on any atom is -0.364 e. The van der Waals surface area contributed by atoms with Gasteiger partial charge in [0.2, 0.25) is 0 Å². The van der Waals surface area contributed by atoms with Crippen molar-refractivity contribution in [1.82, 2.24) is 20.2 Å². The zero-order chi connectivity index (χ0) is 13.9. The van der Waals surface area contributed by atoms with Gasteiger partial charge in [-0.1, -0.05) is 6.92 Å². The van der Waals surface area contributed by atoms with E-state index < -0.39 is 0 Å². The van der Waals surface area contributed by atoms with Crippen molar-refractivity contribution in [3.8, 4) is 0 Å². The molecule has 0 saturated heterocycles. The molecular formula is C15H21N5. The maximum absolute atomic E-state index is 4.54. The molecular weight excluding hydrogens is 250 g/mol. The van der Waals surface area contributed by atoms with Crippen LogP contribution >= 0.6 is 0 Å². The number of nitrogens with one attached hydrogen (secondary N) is 2. The van der Waals surface area contributed by atoms with Crippen LogP contribution in [-0.2, 0) is 13.0 Å². The number of aryl methyl sites for hydroxylation is 2. The number of aromatic amines is 1. The van der Waals surface area contributed by atoms with Crippen molar-refractivity contribution >= 4 is 5.82 Å². The van der Waals surface area contributed by atoms with Crippen molar-refractivity contribution in [2.24, 2.45) is 0 Å². The monoisotopic (exact) mass is 271 g/mol. The number of hydrogen-bond donors (Lipinski definition) is 2. The van der Waals surface area contributed by atoms with Gasteiger partial charge in [-0.25, -0.2) is 9.97 Å². The van der Waals surface area contributed by atoms with E-state index in [1.165, 1.54) is 18.5 Å². The zero-order valence-corrected chi connectivity index (χ0v) is 12.1. The van der Waals surface area contributed by atoms with Gasteiger partial charge >= 0.3 is 0 Å². The van der Waals surface area contributed by atoms with E-state index in [4.69, 9.17) is 0 Å². The van der Waals surface area contributed by atoms with Crippen molar-refractivity contribution in [1.29, 1.82) is 0 Å². The first kappa shape index (κ1) is 13.1. The molecule has 3 rings (SSSR count). The number of hydrogen-bond acceptors (Lipinski definition) is 4. The summed E-state index contributed by atoms with van der Waals surface area (Å²) in [7, 11) is 0. The molecule has 0 aliphatic heterocycles. The standard InChI is InChI=1S/C15H21N5/c1-3-4-14-17-10(2)7-15(18-14)16-9-12-8-13(20-19-12)11-5-6-11/h7-8,11H,3-6,9H2,1-2H3,(H,19,20)(H,16,17,18). The summed E-state index contributed by atoms with van der Waals surface area (Å²) in [4.78, 5) is 8.98. The van der Waals surface area contributed by atoms with Crippen LogP contribution in [0.25, 0.3) is 0 Å². The molecule has 5 nitrogen and oxygen atoms in total. The fourth-order valence-electron chi connectivity index (χ4n) is 2.30. The van der Waals surface area contributed by atoms with Crippen LogP contribution in [0.15, 0.2) is 12.1 Å². The number of rotatable bonds is 6. The van der Waals surface area contributed by atoms with Gasteiger partial charge in [-0.05, 0) is 32.3 Å². The summed E-state index contributed by atoms with van der Waals surface area (Å²) in [6.45, 7) is 4.87. The second-order valence-electron chi connectivity index (χ2n) is 5.51. The van der Waals surface area contributed by atoms with Crippen LogP contribution in [0.5, 0.6) is 0 Å². The lowest BCUT2D eigenvalue weighted by molar-refractivity contribution is 0.823. The summed E-state index contributed by atoms with van der Waals surface area (Å²) in [6.07, 6.45) is 4.55. The Morgan fingerprint density at radius 3 is 2.90 bits per heavy atom. The maximum Gasteiger partial charge on any atom is 0.130 e. The Morgan fingerprint density at radius 2 is 2.15 bits per heavy atom. The van der Waals surface area contributed by atoms with Gasteiger partial charge in [-0.3, -0.25) is 5.10 Å². The molecule has 0 amide bonds. The third kappa shape index (κ3) is 3.15. The van der Waals surface area contributed by atoms with E-state index in [1.54, 1.807) is 0 Å². The lowest BCUT2D eigenvalue weighted by atomic mass is 10.2. The van der Waals surface area contributed by atoms with E-state index >= 15 is 0 Å². The fraction of sp³-hybridized carbons (Fsp3) is 0.533. The van der Waals surface area contributed by atoms with E-state index in [0.717, 1.165) is 42.4 Å². The highest BCUT2D eigenvalue weighted by Crippen LogP contribution is 2.38. The first-order chi connectivity index (χ1) is 9.74. The largest absolute Gasteiger partial charge is 0.364 e. The van der Waals surface area contributed by atoms with E-state index in [9.17, 15) is 0 Å². The van der Waals surface area contributed by atoms with Crippen LogP contribution in [0.2, 0.25) is 0 Å². The molecule has 2 aromatic heterocycles. The maximum atomic E-state index is 4.54. The lowest BCUT2D eigenvalue weighted by Crippen LogP contribution is -2.05. The molecule has 1 aliphatic rings. The van der Waals surface area contributed by atoms with Crippen molar-refractivity contribution in [3.63, 3.8) is 0 Å². The Kier molecular flexibility index (Phi) is 3.67. The zero-order valence-electron chi connectivity index (χ0n) is 12.1. The van der Waals surface area contributed by atoms with Crippen molar-refractivity contribution < 1.29 is 0 Å². The van der Waals surface area contributed by atoms with Crippen LogP contribution < -0.4 is 5.32 Å². The van der Waals surface area contributed by atoms with E-state index in [-0.39, 0.29) is 0 Å². The second-order valence-corrected chi connectivity index (χ2v) is 5.51. The summed E-state index contributed by atoms with van der Waals surface area (Å²) in [5.41, 5.74) is 3.32. The molecule has 2 N–H and O–H groups in total. The molecule has 0 aromatic carbocycles. The Balaban J connectivity index is 1.64. The molecule has 106 valence electrons. The Bertz CT molecular complexity index is 586. The smallest absolute Gasteiger partial charge is 0.130 e. The van der Waals surface area contributed by atoms with Crippen LogP contribution in [0.3, 0.4) is 0 Å². The first-order valence-electron chi connectivity index (χ1n) is 7.37. The molecule has 0 unspecified atom stereocenters. The fourth-order valence-corrected chi connectivity index (χ4v) is 2.30. The highest BCUT2D eigenvalue weighted by molar-refractivity contribution is 5.36. The van der Waals surface area contributed by atoms with E-state index in [2.05, 4.69) is 38.5 Å². The highest BCUT2D eigenvalue weighted by atomic mass is 15.1. The van der Waals surface area contributed by atoms with Gasteiger partial charge in [0.1, 0.15) is 11.6 Å². The average Bonchev–Trinajstić information content (AvgIpc) is 3.16. The second kappa shape index (κ2) is 5.61. The van der Waals surface area contributed by atoms with Gasteiger partial charge in [0.05, 0.1) is 17.9 Å². The summed E-state index contributed by atoms with van der Waals surface area (Å²) in [5, 5.41) is 10.8. The van der Waals surface area contributed by atoms with E-state index in [0.29, 0.717) is 5.92 Å². The van der Waals surface area contributed by atoms with Crippen molar-refractivity contribution in [2.45, 2.75) is 52.0 Å². The van der Waals surface area contributed by atoms with Crippen LogP contribution in [0, 0.1) is 6.92 Å². The van der Waals surface area contributed by atoms with Crippen molar-refractivity contribution in [2.75, 3.05) is 5.32 Å². The number of nitrogens with zero attached hydrogens (tertiary/aromatic N) is 3. The predicted octanol–water partition coefficient (Wildman–Crippen LogP) is 2.95. The first-order valence-corrected chi connectivity index (χ1v) is 7.37. The molecule has 2 heterocycles. The SMILES string of the molecule is CCCc1nc(C)cc(NCc2cc(C3CC3)n[nH]2)n1. The predicted molar refractivity (Wildman–Crippen MR) is 78.7 cm³/mol. The third-order valence-corrected chi connectivity index (χ3v) is 3.48. The Morgan fingerprint density at radius 1 is 1.30 bits per heavy atom. The van der Waals surface area contributed by atoms with Crippen LogP contribution in [0.1, 0.15) is 55.0 Å². The normalized spacial score (nSPS) is 14.5. The van der Waals surface area contributed by atoms with Gasteiger partial charge in [-0.15, -0.1) is 0 Å². The van der Waals surface area contributed by atoms with Crippen molar-refractivity contribution in [3.05, 3.63) is 35.0 Å². The van der Waals surface area contributed by atoms with Gasteiger partial charge < -0.3 is 5.32 Å². The highest BCUT2D eigenvalue weighted by Gasteiger charge is 2.25. The molecule has 1 aliphatic carbocycles. The average molecular weight is 271 g/mol. The topological polar surface area (TPSA) is 66.5 Å². The van der Waals surface area contributed by atoms with Gasteiger partial charge in [-0.2, -0.15) is 5.10 Å². The molecule has 0 atom stereocenters. The summed E-state index contributed by atoms with van der Waals surface area (Å²) >= 11 is 0. The molecule has 20 heavy (non-hydrogen) atoms. The van der Waals surface area contributed by atoms with E-state index in [1.807, 2.05) is 13.0 Å². The number of aromatic nitrogens is 4. The summed E-state index contributed by atoms with van der Waals surface area (Å²) in [6, 6.07) is 4.14. The molecule has 5 heteroatoms. The molecule has 1 saturated carbocycles. The molecule has 0 bridgehead atoms. The quantitative estimate of drug-likeness (QED) is 0.847. The molecule has 0 radical (unpaired) electrons. The minimum atomic E-state index is 0.692. The van der Waals surface area contributed by atoms with Crippen LogP contribution in [0.4, 0.5) is 5.82 Å². The summed E-state index contributed by atoms with van der Waals surface area (Å²) < 4.78 is 0. The third-order valence-electron chi connectivity index (χ3n) is 3.48. The Hall–Kier alpha value is -1.91. The minimum absolute atomic E-state index is 0.692. The van der Waals surface area contributed by atoms with Crippen LogP contribution in [-0.4, -0.2) is 20.2 Å². The Labute approximate surface area is 119 Å². The number of H-pyrrole nitrogens is 1. The lowest BCUT2D eigenvalue weighted by Gasteiger charge is -2.07. The molecule has 1 fully saturated rings. The molecule has 2 aromatic rings. The van der Waals surface area contributed by atoms with Gasteiger partial charge in [0.25, 0.3) is 0 Å². The van der Waals surface area contributed by atoms with Gasteiger partial charge in [0.15, 0.2) is 0 Å². The number of anilines is 1. The molecule has 0 spiro atoms.